The first-order valence-corrected chi connectivity index (χ1v) is 5.06. The molecule has 1 aromatic rings. The molecule has 68 valence electrons. The van der Waals surface area contributed by atoms with Crippen LogP contribution in [0.2, 0.25) is 0 Å². The lowest BCUT2D eigenvalue weighted by Crippen LogP contribution is -2.13. The molecule has 0 radical (unpaired) electrons. The summed E-state index contributed by atoms with van der Waals surface area (Å²) in [6.45, 7) is 0. The molecule has 0 saturated carbocycles. The van der Waals surface area contributed by atoms with Crippen LogP contribution in [0.4, 0.5) is 0 Å². The van der Waals surface area contributed by atoms with Crippen LogP contribution in [0.1, 0.15) is 17.5 Å². The molecule has 1 aliphatic carbocycles. The van der Waals surface area contributed by atoms with E-state index in [2.05, 4.69) is 33.2 Å². The number of halogens is 1. The molecule has 1 N–H and O–H groups in total. The van der Waals surface area contributed by atoms with E-state index in [-0.39, 0.29) is 0 Å². The Bertz CT molecular complexity index is 360. The van der Waals surface area contributed by atoms with E-state index in [0.717, 1.165) is 29.4 Å². The quantitative estimate of drug-likeness (QED) is 0.548. The highest BCUT2D eigenvalue weighted by Crippen LogP contribution is 2.23. The van der Waals surface area contributed by atoms with Gasteiger partial charge in [-0.05, 0) is 36.1 Å². The van der Waals surface area contributed by atoms with Crippen molar-refractivity contribution in [1.82, 2.24) is 0 Å². The van der Waals surface area contributed by atoms with Crippen molar-refractivity contribution in [2.75, 3.05) is 0 Å². The van der Waals surface area contributed by atoms with E-state index in [1.807, 2.05) is 6.07 Å². The van der Waals surface area contributed by atoms with Gasteiger partial charge >= 0.3 is 0 Å². The monoisotopic (exact) mass is 239 g/mol. The normalized spacial score (nSPS) is 18.7. The molecule has 0 saturated heterocycles. The Labute approximate surface area is 85.4 Å². The minimum atomic E-state index is 0.791. The number of aryl methyl sites for hydroxylation is 1. The molecular formula is C10H10BrNO. The summed E-state index contributed by atoms with van der Waals surface area (Å²) in [6.07, 6.45) is 2.65. The van der Waals surface area contributed by atoms with Gasteiger partial charge in [0, 0.05) is 10.9 Å². The first kappa shape index (κ1) is 8.75. The summed E-state index contributed by atoms with van der Waals surface area (Å²) in [6, 6.07) is 6.26. The van der Waals surface area contributed by atoms with Gasteiger partial charge in [-0.25, -0.2) is 0 Å². The van der Waals surface area contributed by atoms with E-state index in [1.54, 1.807) is 0 Å². The van der Waals surface area contributed by atoms with Crippen molar-refractivity contribution in [2.24, 2.45) is 5.16 Å². The molecular weight excluding hydrogens is 230 g/mol. The maximum atomic E-state index is 8.65. The zero-order valence-electron chi connectivity index (χ0n) is 7.13. The Morgan fingerprint density at radius 3 is 2.85 bits per heavy atom. The molecule has 0 spiro atoms. The predicted molar refractivity (Wildman–Crippen MR) is 55.4 cm³/mol. The third-order valence-electron chi connectivity index (χ3n) is 2.39. The van der Waals surface area contributed by atoms with Crippen LogP contribution in [-0.4, -0.2) is 10.9 Å². The van der Waals surface area contributed by atoms with Crippen LogP contribution >= 0.6 is 15.9 Å². The third-order valence-corrected chi connectivity index (χ3v) is 2.88. The van der Waals surface area contributed by atoms with Crippen molar-refractivity contribution >= 4 is 21.6 Å². The van der Waals surface area contributed by atoms with E-state index in [4.69, 9.17) is 5.21 Å². The minimum absolute atomic E-state index is 0.791. The van der Waals surface area contributed by atoms with E-state index in [1.165, 1.54) is 11.1 Å². The summed E-state index contributed by atoms with van der Waals surface area (Å²) in [5, 5.41) is 11.9. The average Bonchev–Trinajstić information content (AvgIpc) is 2.17. The number of rotatable bonds is 0. The summed E-state index contributed by atoms with van der Waals surface area (Å²) in [5.74, 6) is 0. The second-order valence-corrected chi connectivity index (χ2v) is 4.17. The second-order valence-electron chi connectivity index (χ2n) is 3.26. The van der Waals surface area contributed by atoms with Crippen LogP contribution < -0.4 is 0 Å². The van der Waals surface area contributed by atoms with E-state index >= 15 is 0 Å². The Kier molecular flexibility index (Phi) is 2.36. The van der Waals surface area contributed by atoms with Crippen LogP contribution in [0.25, 0.3) is 0 Å². The molecule has 13 heavy (non-hydrogen) atoms. The smallest absolute Gasteiger partial charge is 0.0617 e. The fourth-order valence-corrected chi connectivity index (χ4v) is 2.08. The van der Waals surface area contributed by atoms with E-state index < -0.39 is 0 Å². The van der Waals surface area contributed by atoms with Crippen molar-refractivity contribution in [2.45, 2.75) is 19.3 Å². The van der Waals surface area contributed by atoms with E-state index in [9.17, 15) is 0 Å². The van der Waals surface area contributed by atoms with Gasteiger partial charge in [0.05, 0.1) is 5.71 Å². The summed E-state index contributed by atoms with van der Waals surface area (Å²) in [7, 11) is 0. The first-order chi connectivity index (χ1) is 6.29. The maximum Gasteiger partial charge on any atom is 0.0617 e. The first-order valence-electron chi connectivity index (χ1n) is 4.26. The molecule has 1 aliphatic rings. The minimum Gasteiger partial charge on any atom is -0.411 e. The van der Waals surface area contributed by atoms with Gasteiger partial charge < -0.3 is 5.21 Å². The molecule has 0 aliphatic heterocycles. The van der Waals surface area contributed by atoms with Gasteiger partial charge in [-0.3, -0.25) is 0 Å². The van der Waals surface area contributed by atoms with Gasteiger partial charge in [0.1, 0.15) is 0 Å². The van der Waals surface area contributed by atoms with Crippen LogP contribution in [-0.2, 0) is 12.8 Å². The van der Waals surface area contributed by atoms with E-state index in [0.29, 0.717) is 0 Å². The van der Waals surface area contributed by atoms with Crippen LogP contribution in [0, 0.1) is 0 Å². The molecule has 2 nitrogen and oxygen atoms in total. The van der Waals surface area contributed by atoms with Gasteiger partial charge in [0.25, 0.3) is 0 Å². The molecule has 0 amide bonds. The van der Waals surface area contributed by atoms with Crippen LogP contribution in [0.15, 0.2) is 27.8 Å². The summed E-state index contributed by atoms with van der Waals surface area (Å²) < 4.78 is 1.12. The maximum absolute atomic E-state index is 8.65. The van der Waals surface area contributed by atoms with Crippen molar-refractivity contribution in [3.8, 4) is 0 Å². The molecule has 0 heterocycles. The lowest BCUT2D eigenvalue weighted by molar-refractivity contribution is 0.316. The van der Waals surface area contributed by atoms with Gasteiger partial charge in [0.15, 0.2) is 0 Å². The number of nitrogens with zero attached hydrogens (tertiary/aromatic N) is 1. The van der Waals surface area contributed by atoms with Gasteiger partial charge in [-0.1, -0.05) is 27.2 Å². The number of hydrogen-bond donors (Lipinski definition) is 1. The summed E-state index contributed by atoms with van der Waals surface area (Å²) in [5.41, 5.74) is 3.53. The molecule has 0 bridgehead atoms. The number of hydrogen-bond acceptors (Lipinski definition) is 2. The van der Waals surface area contributed by atoms with Crippen LogP contribution in [0.3, 0.4) is 0 Å². The predicted octanol–water partition coefficient (Wildman–Crippen LogP) is 2.77. The number of benzene rings is 1. The van der Waals surface area contributed by atoms with Crippen molar-refractivity contribution in [3.63, 3.8) is 0 Å². The zero-order chi connectivity index (χ0) is 9.26. The molecule has 2 rings (SSSR count). The highest BCUT2D eigenvalue weighted by molar-refractivity contribution is 9.10. The number of fused-ring (bicyclic) bond motifs is 1. The third kappa shape index (κ3) is 1.75. The molecule has 0 atom stereocenters. The fraction of sp³-hybridized carbons (Fsp3) is 0.300. The lowest BCUT2D eigenvalue weighted by atomic mass is 9.90. The second kappa shape index (κ2) is 3.50. The molecule has 0 unspecified atom stereocenters. The average molecular weight is 240 g/mol. The largest absolute Gasteiger partial charge is 0.411 e. The molecule has 0 fully saturated rings. The van der Waals surface area contributed by atoms with Gasteiger partial charge in [0.2, 0.25) is 0 Å². The Morgan fingerprint density at radius 1 is 1.23 bits per heavy atom. The Hall–Kier alpha value is -0.830. The topological polar surface area (TPSA) is 32.6 Å². The summed E-state index contributed by atoms with van der Waals surface area (Å²) in [4.78, 5) is 0. The summed E-state index contributed by atoms with van der Waals surface area (Å²) >= 11 is 3.44. The Morgan fingerprint density at radius 2 is 2.08 bits per heavy atom. The molecule has 0 aromatic heterocycles. The van der Waals surface area contributed by atoms with Crippen LogP contribution in [0.5, 0.6) is 0 Å². The van der Waals surface area contributed by atoms with Gasteiger partial charge in [-0.15, -0.1) is 0 Å². The van der Waals surface area contributed by atoms with Gasteiger partial charge in [-0.2, -0.15) is 0 Å². The SMILES string of the molecule is O/N=C1\CCc2cc(Br)ccc2C1. The zero-order valence-corrected chi connectivity index (χ0v) is 8.71. The highest BCUT2D eigenvalue weighted by atomic mass is 79.9. The van der Waals surface area contributed by atoms with Crippen molar-refractivity contribution in [1.29, 1.82) is 0 Å². The lowest BCUT2D eigenvalue weighted by Gasteiger charge is -2.16. The van der Waals surface area contributed by atoms with Crippen molar-refractivity contribution in [3.05, 3.63) is 33.8 Å². The molecule has 3 heteroatoms. The standard InChI is InChI=1S/C10H10BrNO/c11-9-3-1-8-6-10(12-13)4-2-7(8)5-9/h1,3,5,13H,2,4,6H2/b12-10+. The Balaban J connectivity index is 2.37. The highest BCUT2D eigenvalue weighted by Gasteiger charge is 2.14. The number of oxime groups is 1. The molecule has 1 aromatic carbocycles. The van der Waals surface area contributed by atoms with Crippen molar-refractivity contribution < 1.29 is 5.21 Å². The fourth-order valence-electron chi connectivity index (χ4n) is 1.67.